The Morgan fingerprint density at radius 3 is 2.39 bits per heavy atom. The minimum atomic E-state index is -0.962. The molecule has 0 spiro atoms. The molecule has 2 unspecified atom stereocenters. The number of carbonyl (C=O) groups is 1. The number of ether oxygens (including phenoxy) is 1. The Balaban J connectivity index is 1.79. The third-order valence-corrected chi connectivity index (χ3v) is 3.87. The van der Waals surface area contributed by atoms with Crippen molar-refractivity contribution in [3.63, 3.8) is 0 Å². The first-order chi connectivity index (χ1) is 8.63. The second-order valence-electron chi connectivity index (χ2n) is 5.12. The van der Waals surface area contributed by atoms with Gasteiger partial charge >= 0.3 is 0 Å². The normalized spacial score (nSPS) is 30.4. The van der Waals surface area contributed by atoms with Crippen LogP contribution in [-0.4, -0.2) is 18.0 Å². The minimum absolute atomic E-state index is 0.0888. The van der Waals surface area contributed by atoms with Gasteiger partial charge in [-0.05, 0) is 43.9 Å². The van der Waals surface area contributed by atoms with Crippen molar-refractivity contribution >= 4 is 5.78 Å². The van der Waals surface area contributed by atoms with E-state index in [0.29, 0.717) is 12.8 Å². The summed E-state index contributed by atoms with van der Waals surface area (Å²) in [6.07, 6.45) is 3.76. The smallest absolute Gasteiger partial charge is 0.166 e. The molecule has 18 heavy (non-hydrogen) atoms. The minimum Gasteiger partial charge on any atom is -0.375 e. The quantitative estimate of drug-likeness (QED) is 0.756. The van der Waals surface area contributed by atoms with Crippen molar-refractivity contribution in [1.82, 2.24) is 0 Å². The summed E-state index contributed by atoms with van der Waals surface area (Å²) < 4.78 is 31.6. The predicted molar refractivity (Wildman–Crippen MR) is 61.3 cm³/mol. The number of halogens is 2. The maximum Gasteiger partial charge on any atom is 0.166 e. The summed E-state index contributed by atoms with van der Waals surface area (Å²) in [5.74, 6) is -2.08. The lowest BCUT2D eigenvalue weighted by molar-refractivity contribution is -0.0149. The lowest BCUT2D eigenvalue weighted by atomic mass is 9.88. The first-order valence-electron chi connectivity index (χ1n) is 6.28. The molecule has 0 amide bonds. The Labute approximate surface area is 104 Å². The fourth-order valence-corrected chi connectivity index (χ4v) is 2.96. The van der Waals surface area contributed by atoms with Crippen molar-refractivity contribution < 1.29 is 18.3 Å². The van der Waals surface area contributed by atoms with Gasteiger partial charge in [0.2, 0.25) is 0 Å². The summed E-state index contributed by atoms with van der Waals surface area (Å²) in [5, 5.41) is 0. The summed E-state index contributed by atoms with van der Waals surface area (Å²) in [4.78, 5) is 12.2. The van der Waals surface area contributed by atoms with Gasteiger partial charge in [-0.1, -0.05) is 0 Å². The summed E-state index contributed by atoms with van der Waals surface area (Å²) in [6, 6.07) is 3.36. The van der Waals surface area contributed by atoms with Crippen LogP contribution in [0, 0.1) is 17.6 Å². The highest BCUT2D eigenvalue weighted by atomic mass is 19.2. The monoisotopic (exact) mass is 252 g/mol. The van der Waals surface area contributed by atoms with Crippen LogP contribution in [0.15, 0.2) is 18.2 Å². The average Bonchev–Trinajstić information content (AvgIpc) is 2.71. The van der Waals surface area contributed by atoms with E-state index in [-0.39, 0.29) is 29.5 Å². The highest BCUT2D eigenvalue weighted by molar-refractivity contribution is 5.98. The molecule has 2 bridgehead atoms. The van der Waals surface area contributed by atoms with Gasteiger partial charge in [0.25, 0.3) is 0 Å². The predicted octanol–water partition coefficient (Wildman–Crippen LogP) is 3.11. The van der Waals surface area contributed by atoms with Crippen LogP contribution in [0.1, 0.15) is 36.0 Å². The first-order valence-corrected chi connectivity index (χ1v) is 6.28. The Kier molecular flexibility index (Phi) is 2.90. The molecule has 2 saturated heterocycles. The topological polar surface area (TPSA) is 26.3 Å². The molecule has 96 valence electrons. The van der Waals surface area contributed by atoms with Gasteiger partial charge in [0, 0.05) is 11.5 Å². The number of hydrogen-bond donors (Lipinski definition) is 0. The zero-order valence-electron chi connectivity index (χ0n) is 9.86. The lowest BCUT2D eigenvalue weighted by Crippen LogP contribution is -2.30. The molecular formula is C14H14F2O2. The Bertz CT molecular complexity index is 475. The molecule has 0 aliphatic carbocycles. The molecule has 2 atom stereocenters. The van der Waals surface area contributed by atoms with E-state index < -0.39 is 11.6 Å². The van der Waals surface area contributed by atoms with Crippen molar-refractivity contribution in [3.05, 3.63) is 35.4 Å². The molecule has 2 heterocycles. The molecule has 2 aliphatic rings. The molecule has 0 radical (unpaired) electrons. The highest BCUT2D eigenvalue weighted by Gasteiger charge is 2.38. The number of hydrogen-bond acceptors (Lipinski definition) is 2. The standard InChI is InChI=1S/C14H14F2O2/c15-12-4-1-8(7-13(12)16)14(17)9-5-10-2-3-11(6-9)18-10/h1,4,7,9-11H,2-3,5-6H2. The van der Waals surface area contributed by atoms with Gasteiger partial charge < -0.3 is 4.74 Å². The Hall–Kier alpha value is -1.29. The Morgan fingerprint density at radius 1 is 1.11 bits per heavy atom. The van der Waals surface area contributed by atoms with E-state index in [1.165, 1.54) is 6.07 Å². The second-order valence-corrected chi connectivity index (χ2v) is 5.12. The largest absolute Gasteiger partial charge is 0.375 e. The van der Waals surface area contributed by atoms with Crippen LogP contribution in [0.3, 0.4) is 0 Å². The van der Waals surface area contributed by atoms with Crippen molar-refractivity contribution in [3.8, 4) is 0 Å². The van der Waals surface area contributed by atoms with E-state index in [2.05, 4.69) is 0 Å². The molecule has 2 nitrogen and oxygen atoms in total. The van der Waals surface area contributed by atoms with Crippen molar-refractivity contribution in [2.45, 2.75) is 37.9 Å². The summed E-state index contributed by atoms with van der Waals surface area (Å²) >= 11 is 0. The van der Waals surface area contributed by atoms with Crippen LogP contribution in [0.2, 0.25) is 0 Å². The fraction of sp³-hybridized carbons (Fsp3) is 0.500. The first kappa shape index (κ1) is 11.8. The molecule has 2 fully saturated rings. The molecule has 0 N–H and O–H groups in total. The Morgan fingerprint density at radius 2 is 1.78 bits per heavy atom. The summed E-state index contributed by atoms with van der Waals surface area (Å²) in [5.41, 5.74) is 0.264. The van der Waals surface area contributed by atoms with Crippen molar-refractivity contribution in [2.24, 2.45) is 5.92 Å². The zero-order valence-corrected chi connectivity index (χ0v) is 9.86. The van der Waals surface area contributed by atoms with Gasteiger partial charge in [0.1, 0.15) is 0 Å². The van der Waals surface area contributed by atoms with E-state index in [1.807, 2.05) is 0 Å². The van der Waals surface area contributed by atoms with E-state index in [9.17, 15) is 13.6 Å². The third kappa shape index (κ3) is 2.05. The van der Waals surface area contributed by atoms with Gasteiger partial charge in [0.15, 0.2) is 17.4 Å². The average molecular weight is 252 g/mol. The van der Waals surface area contributed by atoms with E-state index >= 15 is 0 Å². The summed E-state index contributed by atoms with van der Waals surface area (Å²) in [7, 11) is 0. The molecule has 3 rings (SSSR count). The molecule has 1 aromatic carbocycles. The van der Waals surface area contributed by atoms with Gasteiger partial charge in [-0.15, -0.1) is 0 Å². The maximum atomic E-state index is 13.1. The molecular weight excluding hydrogens is 238 g/mol. The maximum absolute atomic E-state index is 13.1. The number of rotatable bonds is 2. The number of Topliss-reactive ketones (excluding diaryl/α,β-unsaturated/α-hetero) is 1. The third-order valence-electron chi connectivity index (χ3n) is 3.87. The highest BCUT2D eigenvalue weighted by Crippen LogP contribution is 2.37. The van der Waals surface area contributed by atoms with Crippen LogP contribution in [-0.2, 0) is 4.74 Å². The second kappa shape index (κ2) is 4.43. The van der Waals surface area contributed by atoms with E-state index in [1.54, 1.807) is 0 Å². The number of fused-ring (bicyclic) bond motifs is 2. The van der Waals surface area contributed by atoms with Crippen LogP contribution in [0.5, 0.6) is 0 Å². The summed E-state index contributed by atoms with van der Waals surface area (Å²) in [6.45, 7) is 0. The van der Waals surface area contributed by atoms with Gasteiger partial charge in [0.05, 0.1) is 12.2 Å². The van der Waals surface area contributed by atoms with Gasteiger partial charge in [-0.2, -0.15) is 0 Å². The van der Waals surface area contributed by atoms with Gasteiger partial charge in [-0.3, -0.25) is 4.79 Å². The van der Waals surface area contributed by atoms with Crippen LogP contribution in [0.4, 0.5) is 8.78 Å². The van der Waals surface area contributed by atoms with E-state index in [4.69, 9.17) is 4.74 Å². The molecule has 0 aromatic heterocycles. The van der Waals surface area contributed by atoms with Crippen molar-refractivity contribution in [1.29, 1.82) is 0 Å². The SMILES string of the molecule is O=C(c1ccc(F)c(F)c1)C1CC2CCC(C1)O2. The van der Waals surface area contributed by atoms with Crippen molar-refractivity contribution in [2.75, 3.05) is 0 Å². The van der Waals surface area contributed by atoms with E-state index in [0.717, 1.165) is 25.0 Å². The molecule has 1 aromatic rings. The number of ketones is 1. The number of benzene rings is 1. The zero-order chi connectivity index (χ0) is 12.7. The molecule has 4 heteroatoms. The van der Waals surface area contributed by atoms with Crippen LogP contribution < -0.4 is 0 Å². The van der Waals surface area contributed by atoms with Crippen LogP contribution in [0.25, 0.3) is 0 Å². The lowest BCUT2D eigenvalue weighted by Gasteiger charge is -2.27. The number of carbonyl (C=O) groups excluding carboxylic acids is 1. The molecule has 0 saturated carbocycles. The van der Waals surface area contributed by atoms with Gasteiger partial charge in [-0.25, -0.2) is 8.78 Å². The van der Waals surface area contributed by atoms with Crippen LogP contribution >= 0.6 is 0 Å². The molecule has 2 aliphatic heterocycles. The fourth-order valence-electron chi connectivity index (χ4n) is 2.96.